The summed E-state index contributed by atoms with van der Waals surface area (Å²) in [7, 11) is 0. The Kier molecular flexibility index (Phi) is 6.36. The lowest BCUT2D eigenvalue weighted by atomic mass is 9.98. The van der Waals surface area contributed by atoms with Crippen molar-refractivity contribution in [3.05, 3.63) is 71.4 Å². The van der Waals surface area contributed by atoms with Gasteiger partial charge in [-0.25, -0.2) is 9.59 Å². The van der Waals surface area contributed by atoms with Crippen LogP contribution in [0, 0.1) is 0 Å². The lowest BCUT2D eigenvalue weighted by molar-refractivity contribution is -0.139. The Morgan fingerprint density at radius 1 is 1.06 bits per heavy atom. The topological polar surface area (TPSA) is 151 Å². The molecule has 10 nitrogen and oxygen atoms in total. The molecule has 0 bridgehead atoms. The van der Waals surface area contributed by atoms with Crippen molar-refractivity contribution < 1.29 is 33.9 Å². The molecule has 4 rings (SSSR count). The third-order valence-corrected chi connectivity index (χ3v) is 5.33. The second-order valence-corrected chi connectivity index (χ2v) is 7.40. The summed E-state index contributed by atoms with van der Waals surface area (Å²) < 4.78 is 10.3. The first-order chi connectivity index (χ1) is 16.0. The highest BCUT2D eigenvalue weighted by Crippen LogP contribution is 2.44. The smallest absolute Gasteiger partial charge is 0.414 e. The highest BCUT2D eigenvalue weighted by Gasteiger charge is 2.29. The van der Waals surface area contributed by atoms with Gasteiger partial charge in [-0.15, -0.1) is 0 Å². The maximum absolute atomic E-state index is 12.3. The average molecular weight is 451 g/mol. The number of hydrogen-bond donors (Lipinski definition) is 4. The van der Waals surface area contributed by atoms with Crippen LogP contribution >= 0.6 is 0 Å². The third kappa shape index (κ3) is 4.70. The number of carbonyl (C=O) groups excluding carboxylic acids is 2. The number of carbonyl (C=O) groups is 3. The number of carboxylic acids is 1. The maximum atomic E-state index is 12.3. The van der Waals surface area contributed by atoms with Gasteiger partial charge in [-0.1, -0.05) is 53.7 Å². The van der Waals surface area contributed by atoms with Crippen molar-refractivity contribution in [2.75, 3.05) is 18.5 Å². The number of carboxylic acid groups (broad SMARTS) is 1. The van der Waals surface area contributed by atoms with Crippen molar-refractivity contribution in [3.63, 3.8) is 0 Å². The summed E-state index contributed by atoms with van der Waals surface area (Å²) in [6, 6.07) is 15.7. The van der Waals surface area contributed by atoms with Crippen LogP contribution in [-0.2, 0) is 9.53 Å². The molecule has 1 aliphatic carbocycles. The predicted octanol–water partition coefficient (Wildman–Crippen LogP) is 2.60. The molecule has 1 aromatic heterocycles. The van der Waals surface area contributed by atoms with Gasteiger partial charge in [0.25, 0.3) is 5.91 Å². The Labute approximate surface area is 188 Å². The summed E-state index contributed by atoms with van der Waals surface area (Å²) in [4.78, 5) is 35.5. The minimum Gasteiger partial charge on any atom is -0.480 e. The van der Waals surface area contributed by atoms with E-state index in [0.29, 0.717) is 0 Å². The Hall–Kier alpha value is -4.18. The fraction of sp³-hybridized carbons (Fsp3) is 0.217. The zero-order valence-corrected chi connectivity index (χ0v) is 17.4. The Morgan fingerprint density at radius 3 is 2.30 bits per heavy atom. The minimum absolute atomic E-state index is 0.1000. The molecule has 10 heteroatoms. The van der Waals surface area contributed by atoms with Crippen LogP contribution in [0.15, 0.2) is 59.1 Å². The van der Waals surface area contributed by atoms with Crippen molar-refractivity contribution in [3.8, 4) is 11.1 Å². The molecule has 4 N–H and O–H groups in total. The standard InChI is InChI=1S/C23H21N3O7/c27-10-9-18(22(29)30)24-21(28)19-11-20(33-26-19)25-23(31)32-12-17-15-7-3-1-5-13(15)14-6-2-4-8-16(14)17/h1-8,11,17-18,27H,9-10,12H2,(H,24,28)(H,25,31)(H,29,30). The fourth-order valence-corrected chi connectivity index (χ4v) is 3.79. The van der Waals surface area contributed by atoms with E-state index in [1.54, 1.807) is 0 Å². The van der Waals surface area contributed by atoms with Crippen molar-refractivity contribution in [2.24, 2.45) is 0 Å². The van der Waals surface area contributed by atoms with Gasteiger partial charge < -0.3 is 24.8 Å². The SMILES string of the molecule is O=C(Nc1cc(C(=O)NC(CCO)C(=O)O)no1)OCC1c2ccccc2-c2ccccc21. The van der Waals surface area contributed by atoms with E-state index in [2.05, 4.69) is 15.8 Å². The van der Waals surface area contributed by atoms with Gasteiger partial charge in [0.15, 0.2) is 5.69 Å². The number of aromatic nitrogens is 1. The van der Waals surface area contributed by atoms with E-state index in [4.69, 9.17) is 19.5 Å². The zero-order valence-electron chi connectivity index (χ0n) is 17.4. The number of aliphatic hydroxyl groups is 1. The van der Waals surface area contributed by atoms with Crippen molar-refractivity contribution >= 4 is 23.9 Å². The molecule has 3 aromatic rings. The van der Waals surface area contributed by atoms with Crippen LogP contribution in [-0.4, -0.2) is 52.6 Å². The van der Waals surface area contributed by atoms with E-state index in [9.17, 15) is 14.4 Å². The number of amides is 2. The van der Waals surface area contributed by atoms with Crippen LogP contribution < -0.4 is 10.6 Å². The van der Waals surface area contributed by atoms with Gasteiger partial charge in [0.1, 0.15) is 12.6 Å². The molecule has 2 aromatic carbocycles. The highest BCUT2D eigenvalue weighted by atomic mass is 16.6. The summed E-state index contributed by atoms with van der Waals surface area (Å²) in [6.45, 7) is -0.312. The molecule has 170 valence electrons. The second kappa shape index (κ2) is 9.53. The molecule has 0 spiro atoms. The number of hydrogen-bond acceptors (Lipinski definition) is 7. The maximum Gasteiger partial charge on any atom is 0.414 e. The number of aliphatic hydroxyl groups excluding tert-OH is 1. The Balaban J connectivity index is 1.36. The van der Waals surface area contributed by atoms with Crippen molar-refractivity contribution in [2.45, 2.75) is 18.4 Å². The molecule has 2 amide bonds. The molecular formula is C23H21N3O7. The Bertz CT molecular complexity index is 1140. The van der Waals surface area contributed by atoms with E-state index in [0.717, 1.165) is 28.3 Å². The number of anilines is 1. The van der Waals surface area contributed by atoms with Crippen LogP contribution in [0.5, 0.6) is 0 Å². The molecule has 0 aliphatic heterocycles. The molecule has 0 radical (unpaired) electrons. The second-order valence-electron chi connectivity index (χ2n) is 7.40. The van der Waals surface area contributed by atoms with Crippen LogP contribution in [0.4, 0.5) is 10.7 Å². The van der Waals surface area contributed by atoms with Crippen LogP contribution in [0.3, 0.4) is 0 Å². The largest absolute Gasteiger partial charge is 0.480 e. The predicted molar refractivity (Wildman–Crippen MR) is 116 cm³/mol. The number of nitrogens with zero attached hydrogens (tertiary/aromatic N) is 1. The molecule has 1 atom stereocenters. The molecule has 1 heterocycles. The summed E-state index contributed by atoms with van der Waals surface area (Å²) in [5.41, 5.74) is 4.12. The summed E-state index contributed by atoms with van der Waals surface area (Å²) in [5, 5.41) is 26.1. The summed E-state index contributed by atoms with van der Waals surface area (Å²) in [5.74, 6) is -2.36. The lowest BCUT2D eigenvalue weighted by Gasteiger charge is -2.14. The first-order valence-electron chi connectivity index (χ1n) is 10.2. The van der Waals surface area contributed by atoms with Gasteiger partial charge in [0.2, 0.25) is 5.88 Å². The third-order valence-electron chi connectivity index (χ3n) is 5.33. The fourth-order valence-electron chi connectivity index (χ4n) is 3.79. The van der Waals surface area contributed by atoms with Gasteiger partial charge in [-0.2, -0.15) is 0 Å². The Morgan fingerprint density at radius 2 is 1.70 bits per heavy atom. The summed E-state index contributed by atoms with van der Waals surface area (Å²) >= 11 is 0. The monoisotopic (exact) mass is 451 g/mol. The zero-order chi connectivity index (χ0) is 23.4. The van der Waals surface area contributed by atoms with Crippen molar-refractivity contribution in [1.29, 1.82) is 0 Å². The molecule has 1 aliphatic rings. The highest BCUT2D eigenvalue weighted by molar-refractivity contribution is 5.96. The van der Waals surface area contributed by atoms with E-state index in [1.807, 2.05) is 48.5 Å². The van der Waals surface area contributed by atoms with Crippen molar-refractivity contribution in [1.82, 2.24) is 10.5 Å². The molecule has 0 fully saturated rings. The molecular weight excluding hydrogens is 430 g/mol. The van der Waals surface area contributed by atoms with Gasteiger partial charge >= 0.3 is 12.1 Å². The number of fused-ring (bicyclic) bond motifs is 3. The van der Waals surface area contributed by atoms with Gasteiger partial charge in [0, 0.05) is 25.0 Å². The van der Waals surface area contributed by atoms with Crippen LogP contribution in [0.1, 0.15) is 34.0 Å². The minimum atomic E-state index is -1.29. The number of aliphatic carboxylic acids is 1. The van der Waals surface area contributed by atoms with E-state index in [1.165, 1.54) is 0 Å². The first-order valence-corrected chi connectivity index (χ1v) is 10.2. The number of rotatable bonds is 8. The number of nitrogens with one attached hydrogen (secondary N) is 2. The first kappa shape index (κ1) is 22.0. The van der Waals surface area contributed by atoms with Gasteiger partial charge in [0.05, 0.1) is 0 Å². The average Bonchev–Trinajstić information content (AvgIpc) is 3.40. The molecule has 1 unspecified atom stereocenters. The molecule has 0 saturated carbocycles. The summed E-state index contributed by atoms with van der Waals surface area (Å²) in [6.07, 6.45) is -0.951. The number of ether oxygens (including phenoxy) is 1. The number of benzene rings is 2. The van der Waals surface area contributed by atoms with E-state index in [-0.39, 0.29) is 30.5 Å². The quantitative estimate of drug-likeness (QED) is 0.408. The van der Waals surface area contributed by atoms with Crippen LogP contribution in [0.2, 0.25) is 0 Å². The van der Waals surface area contributed by atoms with E-state index < -0.39 is 30.6 Å². The molecule has 33 heavy (non-hydrogen) atoms. The lowest BCUT2D eigenvalue weighted by Crippen LogP contribution is -2.41. The van der Waals surface area contributed by atoms with E-state index >= 15 is 0 Å². The van der Waals surface area contributed by atoms with Gasteiger partial charge in [-0.05, 0) is 22.3 Å². The van der Waals surface area contributed by atoms with Gasteiger partial charge in [-0.3, -0.25) is 10.1 Å². The molecule has 0 saturated heterocycles. The van der Waals surface area contributed by atoms with Crippen LogP contribution in [0.25, 0.3) is 11.1 Å². The normalized spacial score (nSPS) is 13.0.